The van der Waals surface area contributed by atoms with Gasteiger partial charge in [0.15, 0.2) is 0 Å². The van der Waals surface area contributed by atoms with Gasteiger partial charge in [-0.1, -0.05) is 56.1 Å². The van der Waals surface area contributed by atoms with Gasteiger partial charge in [0, 0.05) is 34.4 Å². The fourth-order valence-electron chi connectivity index (χ4n) is 2.37. The highest BCUT2D eigenvalue weighted by Gasteiger charge is 2.12. The lowest BCUT2D eigenvalue weighted by atomic mass is 10.2. The van der Waals surface area contributed by atoms with Crippen molar-refractivity contribution in [3.8, 4) is 0 Å². The fraction of sp³-hybridized carbons (Fsp3) is 0.176. The van der Waals surface area contributed by atoms with Crippen molar-refractivity contribution in [3.63, 3.8) is 0 Å². The highest BCUT2D eigenvalue weighted by molar-refractivity contribution is 9.10. The first-order chi connectivity index (χ1) is 10.2. The molecule has 1 aliphatic rings. The van der Waals surface area contributed by atoms with Crippen molar-refractivity contribution >= 4 is 31.9 Å². The first-order valence-corrected chi connectivity index (χ1v) is 8.43. The number of hydrogen-bond donors (Lipinski definition) is 0. The van der Waals surface area contributed by atoms with Crippen LogP contribution < -0.4 is 17.0 Å². The highest BCUT2D eigenvalue weighted by atomic mass is 79.9. The molecule has 0 bridgehead atoms. The van der Waals surface area contributed by atoms with Crippen LogP contribution in [0.15, 0.2) is 69.9 Å². The van der Waals surface area contributed by atoms with Gasteiger partial charge in [0.1, 0.15) is 0 Å². The third kappa shape index (κ3) is 4.86. The van der Waals surface area contributed by atoms with Gasteiger partial charge >= 0.3 is 0 Å². The van der Waals surface area contributed by atoms with E-state index in [1.165, 1.54) is 11.1 Å². The molecule has 0 atom stereocenters. The average molecular weight is 488 g/mol. The average Bonchev–Trinajstić information content (AvgIpc) is 2.91. The number of hydrogen-bond acceptors (Lipinski definition) is 2. The molecule has 0 radical (unpaired) electrons. The van der Waals surface area contributed by atoms with Gasteiger partial charge in [0.2, 0.25) is 0 Å². The van der Waals surface area contributed by atoms with Gasteiger partial charge in [-0.3, -0.25) is 0 Å². The van der Waals surface area contributed by atoms with Crippen molar-refractivity contribution in [1.82, 2.24) is 9.80 Å². The molecule has 2 aromatic rings. The maximum atomic E-state index is 3.47. The van der Waals surface area contributed by atoms with E-state index in [4.69, 9.17) is 0 Å². The molecule has 116 valence electrons. The third-order valence-electron chi connectivity index (χ3n) is 3.45. The van der Waals surface area contributed by atoms with E-state index in [2.05, 4.69) is 103 Å². The summed E-state index contributed by atoms with van der Waals surface area (Å²) in [6.07, 6.45) is 4.34. The molecule has 0 saturated heterocycles. The monoisotopic (exact) mass is 485 g/mol. The summed E-state index contributed by atoms with van der Waals surface area (Å²) in [5.41, 5.74) is 2.65. The molecule has 5 heteroatoms. The Balaban J connectivity index is 0.00000176. The fourth-order valence-corrected chi connectivity index (χ4v) is 2.90. The van der Waals surface area contributed by atoms with Gasteiger partial charge in [-0.05, 0) is 35.4 Å². The predicted molar refractivity (Wildman–Crippen MR) is 93.4 cm³/mol. The minimum atomic E-state index is 0. The minimum absolute atomic E-state index is 0. The maximum Gasteiger partial charge on any atom is 0.0900 e. The summed E-state index contributed by atoms with van der Waals surface area (Å²) in [4.78, 5) is 4.64. The zero-order chi connectivity index (χ0) is 14.7. The first kappa shape index (κ1) is 17.6. The van der Waals surface area contributed by atoms with Crippen molar-refractivity contribution in [2.45, 2.75) is 13.1 Å². The Hall–Kier alpha value is -0.780. The molecular formula is C17H16Br3N2-. The van der Waals surface area contributed by atoms with Crippen LogP contribution >= 0.6 is 31.9 Å². The second-order valence-corrected chi connectivity index (χ2v) is 7.02. The van der Waals surface area contributed by atoms with Crippen LogP contribution in [0.1, 0.15) is 11.1 Å². The summed E-state index contributed by atoms with van der Waals surface area (Å²) in [5, 5.41) is 0. The molecule has 22 heavy (non-hydrogen) atoms. The Morgan fingerprint density at radius 3 is 1.41 bits per heavy atom. The van der Waals surface area contributed by atoms with Gasteiger partial charge in [0.05, 0.1) is 6.67 Å². The van der Waals surface area contributed by atoms with Crippen LogP contribution in [0.4, 0.5) is 0 Å². The summed E-state index contributed by atoms with van der Waals surface area (Å²) in [6, 6.07) is 17.0. The molecule has 0 N–H and O–H groups in total. The third-order valence-corrected chi connectivity index (χ3v) is 4.51. The van der Waals surface area contributed by atoms with Gasteiger partial charge in [-0.15, -0.1) is 0 Å². The van der Waals surface area contributed by atoms with E-state index in [0.29, 0.717) is 0 Å². The topological polar surface area (TPSA) is 6.48 Å². The maximum absolute atomic E-state index is 3.47. The quantitative estimate of drug-likeness (QED) is 0.650. The molecule has 0 amide bonds. The molecule has 2 aromatic carbocycles. The number of nitrogens with zero attached hydrogens (tertiary/aromatic N) is 2. The molecule has 1 heterocycles. The summed E-state index contributed by atoms with van der Waals surface area (Å²) in [7, 11) is 0. The van der Waals surface area contributed by atoms with Crippen LogP contribution in [-0.2, 0) is 13.1 Å². The van der Waals surface area contributed by atoms with E-state index in [1.807, 2.05) is 0 Å². The van der Waals surface area contributed by atoms with Crippen LogP contribution in [-0.4, -0.2) is 16.5 Å². The smallest absolute Gasteiger partial charge is 0.0900 e. The minimum Gasteiger partial charge on any atom is -1.00 e. The van der Waals surface area contributed by atoms with Gasteiger partial charge in [0.25, 0.3) is 0 Å². The molecule has 2 nitrogen and oxygen atoms in total. The molecular weight excluding hydrogens is 472 g/mol. The highest BCUT2D eigenvalue weighted by Crippen LogP contribution is 2.18. The Morgan fingerprint density at radius 1 is 0.682 bits per heavy atom. The van der Waals surface area contributed by atoms with Crippen LogP contribution in [0.25, 0.3) is 0 Å². The molecule has 1 aliphatic heterocycles. The Bertz CT molecular complexity index is 568. The SMILES string of the molecule is Brc1ccc(CN2C=CN(Cc3ccc(Br)cc3)C2)cc1.[Br-]. The van der Waals surface area contributed by atoms with Gasteiger partial charge in [-0.25, -0.2) is 0 Å². The largest absolute Gasteiger partial charge is 1.00 e. The lowest BCUT2D eigenvalue weighted by Crippen LogP contribution is -3.00. The van der Waals surface area contributed by atoms with Crippen molar-refractivity contribution in [2.24, 2.45) is 0 Å². The summed E-state index contributed by atoms with van der Waals surface area (Å²) < 4.78 is 2.25. The predicted octanol–water partition coefficient (Wildman–Crippen LogP) is 1.96. The van der Waals surface area contributed by atoms with Crippen molar-refractivity contribution in [2.75, 3.05) is 6.67 Å². The summed E-state index contributed by atoms with van der Waals surface area (Å²) >= 11 is 6.94. The van der Waals surface area contributed by atoms with Crippen molar-refractivity contribution in [1.29, 1.82) is 0 Å². The zero-order valence-electron chi connectivity index (χ0n) is 11.9. The number of benzene rings is 2. The van der Waals surface area contributed by atoms with E-state index in [-0.39, 0.29) is 17.0 Å². The summed E-state index contributed by atoms with van der Waals surface area (Å²) in [6.45, 7) is 2.83. The Kier molecular flexibility index (Phi) is 6.53. The van der Waals surface area contributed by atoms with E-state index < -0.39 is 0 Å². The number of halogens is 3. The van der Waals surface area contributed by atoms with Crippen LogP contribution in [0.5, 0.6) is 0 Å². The van der Waals surface area contributed by atoms with Crippen LogP contribution in [0, 0.1) is 0 Å². The molecule has 0 spiro atoms. The normalized spacial score (nSPS) is 13.4. The second kappa shape index (κ2) is 8.18. The van der Waals surface area contributed by atoms with E-state index in [0.717, 1.165) is 28.7 Å². The standard InChI is InChI=1S/C17H16Br2N2.BrH/c18-16-5-1-14(2-6-16)11-20-9-10-21(13-20)12-15-3-7-17(19)8-4-15;/h1-10H,11-13H2;1H/p-1. The lowest BCUT2D eigenvalue weighted by Gasteiger charge is -2.21. The van der Waals surface area contributed by atoms with Gasteiger partial charge in [-0.2, -0.15) is 0 Å². The zero-order valence-corrected chi connectivity index (χ0v) is 16.7. The first-order valence-electron chi connectivity index (χ1n) is 6.84. The Labute approximate surface area is 158 Å². The second-order valence-electron chi connectivity index (χ2n) is 5.19. The van der Waals surface area contributed by atoms with E-state index in [9.17, 15) is 0 Å². The van der Waals surface area contributed by atoms with Crippen molar-refractivity contribution in [3.05, 3.63) is 81.0 Å². The summed E-state index contributed by atoms with van der Waals surface area (Å²) in [5.74, 6) is 0. The van der Waals surface area contributed by atoms with E-state index in [1.54, 1.807) is 0 Å². The Morgan fingerprint density at radius 2 is 1.05 bits per heavy atom. The van der Waals surface area contributed by atoms with Crippen LogP contribution in [0.2, 0.25) is 0 Å². The van der Waals surface area contributed by atoms with Crippen molar-refractivity contribution < 1.29 is 17.0 Å². The molecule has 0 saturated carbocycles. The number of rotatable bonds is 4. The molecule has 0 unspecified atom stereocenters. The molecule has 3 rings (SSSR count). The lowest BCUT2D eigenvalue weighted by molar-refractivity contribution is -0.00000399. The van der Waals surface area contributed by atoms with Gasteiger partial charge < -0.3 is 26.8 Å². The van der Waals surface area contributed by atoms with Crippen LogP contribution in [0.3, 0.4) is 0 Å². The van der Waals surface area contributed by atoms with E-state index >= 15 is 0 Å². The molecule has 0 fully saturated rings. The molecule has 0 aromatic heterocycles. The molecule has 0 aliphatic carbocycles.